The summed E-state index contributed by atoms with van der Waals surface area (Å²) in [5.41, 5.74) is 8.29. The smallest absolute Gasteiger partial charge is 0.735 e. The molecule has 3 aliphatic rings. The average Bonchev–Trinajstić information content (AvgIpc) is 2.84. The zero-order valence-corrected chi connectivity index (χ0v) is 42.6. The van der Waals surface area contributed by atoms with Crippen molar-refractivity contribution < 1.29 is 274 Å². The van der Waals surface area contributed by atoms with E-state index in [1.807, 2.05) is 0 Å². The number of aliphatic hydroxyl groups is 4. The van der Waals surface area contributed by atoms with E-state index in [1.54, 1.807) is 11.6 Å². The predicted molar refractivity (Wildman–Crippen MR) is 131 cm³/mol. The number of aliphatic hydroxyl groups excluding tert-OH is 4. The second kappa shape index (κ2) is 32.0. The summed E-state index contributed by atoms with van der Waals surface area (Å²) in [6.07, 6.45) is -10.6. The molecule has 50 heavy (non-hydrogen) atoms. The van der Waals surface area contributed by atoms with Crippen LogP contribution >= 0.6 is 0 Å². The number of hydrogen-bond acceptors (Lipinski definition) is 19. The Labute approximate surface area is 422 Å². The van der Waals surface area contributed by atoms with Crippen molar-refractivity contribution in [2.24, 2.45) is 0 Å². The fourth-order valence-electron chi connectivity index (χ4n) is 3.42. The molecule has 11 atom stereocenters. The van der Waals surface area contributed by atoms with Crippen molar-refractivity contribution in [3.05, 3.63) is 31.8 Å². The van der Waals surface area contributed by atoms with Crippen molar-refractivity contribution in [3.63, 3.8) is 0 Å². The molecule has 264 valence electrons. The van der Waals surface area contributed by atoms with Gasteiger partial charge in [-0.1, -0.05) is 18.2 Å². The topological polar surface area (TPSA) is 384 Å². The minimum absolute atomic E-state index is 0. The molecule has 0 aromatic rings. The summed E-state index contributed by atoms with van der Waals surface area (Å²) >= 11 is 0. The maximum atomic E-state index is 11.1. The van der Waals surface area contributed by atoms with Crippen LogP contribution in [0.2, 0.25) is 0 Å². The molecule has 3 rings (SSSR count). The molecule has 0 saturated carbocycles. The van der Waals surface area contributed by atoms with Gasteiger partial charge in [0.05, 0.1) is 6.10 Å². The van der Waals surface area contributed by atoms with E-state index in [4.69, 9.17) is 69.2 Å². The van der Waals surface area contributed by atoms with Gasteiger partial charge in [0.1, 0.15) is 18.5 Å². The van der Waals surface area contributed by atoms with E-state index in [0.29, 0.717) is 6.61 Å². The maximum Gasteiger partial charge on any atom is 1.00 e. The SMILES string of the molecule is CCO[C@H]1[CH-][C@H](O)[C@H](O[C@@H]2OC(CNS(=O)(=O)[O-])[C@@H](O[C@H]3[CH-][C@H](O)[C@H](O)[CH-]O3)[C@H](O)C2[NH-])[CH-]O1.O=S(=O)([O-])O.O=S(=O)([O-])O.[Na+].[Na+].[Na+].[Na+].[Na+].[Na+]. The molecule has 3 aliphatic heterocycles. The first kappa shape index (κ1) is 67.0. The third-order valence-corrected chi connectivity index (χ3v) is 5.66. The molecular weight excluding hydrogens is 814 g/mol. The Morgan fingerprint density at radius 1 is 0.760 bits per heavy atom. The standard InChI is InChI=1S/C18H29N2O13S.6Na.2H2O4S/c1-2-28-13-4-9(22)12(7-30-13)32-18-15(19)16(24)17(11(31-18)5-20-34(25,26)27)33-14-3-8(21)10(23)6-29-14;;;;;;;2*1-5(2,3)4/h3-4,6-24H,2,5H2,1H3,(H,25,26,27);;;;;;;2*(H2,1,2,3,4)/q-5;6*+1;;/p-3/t8-,9-,10+,11?,12+,13+,14-,15?,16+,17+,18-;;;;;;;;/m0......../s1. The largest absolute Gasteiger partial charge is 1.00 e. The molecule has 32 heteroatoms. The van der Waals surface area contributed by atoms with E-state index in [1.165, 1.54) is 6.42 Å². The van der Waals surface area contributed by atoms with E-state index in [9.17, 15) is 33.4 Å². The summed E-state index contributed by atoms with van der Waals surface area (Å²) in [5, 5.41) is 40.2. The summed E-state index contributed by atoms with van der Waals surface area (Å²) in [6.45, 7) is 3.44. The van der Waals surface area contributed by atoms with Gasteiger partial charge in [-0.25, -0.2) is 42.8 Å². The molecule has 0 radical (unpaired) electrons. The van der Waals surface area contributed by atoms with Crippen LogP contribution in [-0.4, -0.2) is 149 Å². The molecule has 3 fully saturated rings. The molecule has 0 aromatic carbocycles. The molecule has 23 nitrogen and oxygen atoms in total. The van der Waals surface area contributed by atoms with Crippen LogP contribution in [0.3, 0.4) is 0 Å². The van der Waals surface area contributed by atoms with Gasteiger partial charge >= 0.3 is 177 Å². The summed E-state index contributed by atoms with van der Waals surface area (Å²) in [5.74, 6) is 0. The maximum absolute atomic E-state index is 11.1. The van der Waals surface area contributed by atoms with Gasteiger partial charge in [0.15, 0.2) is 10.3 Å². The van der Waals surface area contributed by atoms with Gasteiger partial charge in [0.2, 0.25) is 20.8 Å². The van der Waals surface area contributed by atoms with Gasteiger partial charge < -0.3 is 68.2 Å². The third-order valence-electron chi connectivity index (χ3n) is 5.14. The van der Waals surface area contributed by atoms with Gasteiger partial charge in [0.25, 0.3) is 0 Å². The normalized spacial score (nSPS) is 32.3. The molecule has 8 N–H and O–H groups in total. The monoisotopic (exact) mass is 844 g/mol. The molecule has 0 bridgehead atoms. The molecule has 0 amide bonds. The van der Waals surface area contributed by atoms with Crippen LogP contribution in [0.15, 0.2) is 0 Å². The Bertz CT molecular complexity index is 1150. The quantitative estimate of drug-likeness (QED) is 0.0490. The van der Waals surface area contributed by atoms with Crippen LogP contribution < -0.4 is 182 Å². The second-order valence-electron chi connectivity index (χ2n) is 8.51. The Morgan fingerprint density at radius 3 is 1.64 bits per heavy atom. The van der Waals surface area contributed by atoms with E-state index in [-0.39, 0.29) is 177 Å². The van der Waals surface area contributed by atoms with Crippen LogP contribution in [0.4, 0.5) is 0 Å². The Hall–Kier alpha value is 5.17. The fourth-order valence-corrected chi connectivity index (χ4v) is 3.79. The van der Waals surface area contributed by atoms with Gasteiger partial charge in [-0.3, -0.25) is 9.11 Å². The van der Waals surface area contributed by atoms with Crippen LogP contribution in [0.5, 0.6) is 0 Å². The molecule has 0 aromatic heterocycles. The Balaban J connectivity index is -0.000000267. The summed E-state index contributed by atoms with van der Waals surface area (Å²) in [6, 6.07) is -1.52. The Kier molecular flexibility index (Phi) is 42.9. The van der Waals surface area contributed by atoms with E-state index in [0.717, 1.165) is 19.6 Å². The number of hydrogen-bond donors (Lipinski definition) is 7. The van der Waals surface area contributed by atoms with Crippen molar-refractivity contribution >= 4 is 31.1 Å². The minimum Gasteiger partial charge on any atom is -0.735 e. The Morgan fingerprint density at radius 2 is 1.22 bits per heavy atom. The van der Waals surface area contributed by atoms with Crippen molar-refractivity contribution in [2.45, 2.75) is 74.6 Å². The summed E-state index contributed by atoms with van der Waals surface area (Å²) < 4.78 is 133. The van der Waals surface area contributed by atoms with Crippen LogP contribution in [0.1, 0.15) is 6.92 Å². The van der Waals surface area contributed by atoms with Crippen molar-refractivity contribution in [2.75, 3.05) is 13.2 Å². The first-order chi connectivity index (χ1) is 20.0. The molecule has 3 heterocycles. The third kappa shape index (κ3) is 31.1. The molecule has 2 unspecified atom stereocenters. The van der Waals surface area contributed by atoms with E-state index < -0.39 is 105 Å². The fraction of sp³-hybridized carbons (Fsp3) is 0.778. The molecule has 0 aliphatic carbocycles. The van der Waals surface area contributed by atoms with Gasteiger partial charge in [-0.2, -0.15) is 13.2 Å². The second-order valence-corrected chi connectivity index (χ2v) is 11.4. The number of rotatable bonds is 9. The van der Waals surface area contributed by atoms with Crippen LogP contribution in [-0.2, 0) is 59.5 Å². The van der Waals surface area contributed by atoms with E-state index in [2.05, 4.69) is 0 Å². The average molecular weight is 845 g/mol. The van der Waals surface area contributed by atoms with E-state index >= 15 is 0 Å². The van der Waals surface area contributed by atoms with Crippen molar-refractivity contribution in [1.82, 2.24) is 4.72 Å². The summed E-state index contributed by atoms with van der Waals surface area (Å²) in [4.78, 5) is 0. The molecular formula is C18H30N2Na6O21S3-2. The first-order valence-electron chi connectivity index (χ1n) is 11.7. The van der Waals surface area contributed by atoms with Crippen LogP contribution in [0.25, 0.3) is 5.73 Å². The van der Waals surface area contributed by atoms with Gasteiger partial charge in [-0.15, -0.1) is 0 Å². The zero-order valence-electron chi connectivity index (χ0n) is 28.1. The predicted octanol–water partition coefficient (Wildman–Crippen LogP) is -23.1. The molecule has 0 spiro atoms. The number of nitrogens with one attached hydrogen (secondary N) is 2. The van der Waals surface area contributed by atoms with Crippen molar-refractivity contribution in [1.29, 1.82) is 0 Å². The summed E-state index contributed by atoms with van der Waals surface area (Å²) in [7, 11) is -14.7. The number of ether oxygens (including phenoxy) is 6. The zero-order chi connectivity index (χ0) is 34.0. The van der Waals surface area contributed by atoms with Crippen molar-refractivity contribution in [3.8, 4) is 0 Å². The van der Waals surface area contributed by atoms with Gasteiger partial charge in [-0.05, 0) is 19.1 Å². The van der Waals surface area contributed by atoms with Gasteiger partial charge in [0, 0.05) is 25.7 Å². The van der Waals surface area contributed by atoms with Crippen LogP contribution in [0, 0.1) is 26.1 Å². The molecule has 3 saturated heterocycles. The first-order valence-corrected chi connectivity index (χ1v) is 15.9. The minimum atomic E-state index is -4.92.